The Bertz CT molecular complexity index is 520. The molecule has 0 fully saturated rings. The Hall–Kier alpha value is -1.81. The van der Waals surface area contributed by atoms with Gasteiger partial charge < -0.3 is 10.1 Å². The third-order valence-corrected chi connectivity index (χ3v) is 2.73. The average Bonchev–Trinajstić information content (AvgIpc) is 2.86. The molecule has 4 heteroatoms. The van der Waals surface area contributed by atoms with Gasteiger partial charge in [0.25, 0.3) is 0 Å². The maximum atomic E-state index is 5.50. The normalized spacial score (nSPS) is 10.9. The van der Waals surface area contributed by atoms with Crippen molar-refractivity contribution in [3.8, 4) is 11.4 Å². The summed E-state index contributed by atoms with van der Waals surface area (Å²) < 4.78 is 7.38. The molecule has 0 saturated carbocycles. The highest BCUT2D eigenvalue weighted by Crippen LogP contribution is 2.16. The van der Waals surface area contributed by atoms with Gasteiger partial charge in [0.05, 0.1) is 18.0 Å². The van der Waals surface area contributed by atoms with Gasteiger partial charge in [0, 0.05) is 24.8 Å². The van der Waals surface area contributed by atoms with Gasteiger partial charge in [-0.2, -0.15) is 5.10 Å². The number of nitrogens with zero attached hydrogens (tertiary/aromatic N) is 2. The summed E-state index contributed by atoms with van der Waals surface area (Å²) >= 11 is 0. The third kappa shape index (κ3) is 3.83. The van der Waals surface area contributed by atoms with E-state index < -0.39 is 0 Å². The largest absolute Gasteiger partial charge is 0.494 e. The number of aromatic nitrogens is 2. The maximum absolute atomic E-state index is 5.50. The zero-order valence-corrected chi connectivity index (χ0v) is 11.8. The highest BCUT2D eigenvalue weighted by atomic mass is 16.5. The highest BCUT2D eigenvalue weighted by molar-refractivity contribution is 5.38. The summed E-state index contributed by atoms with van der Waals surface area (Å²) in [5, 5.41) is 7.91. The Balaban J connectivity index is 2.11. The third-order valence-electron chi connectivity index (χ3n) is 2.73. The average molecular weight is 259 g/mol. The Kier molecular flexibility index (Phi) is 4.58. The number of hydrogen-bond donors (Lipinski definition) is 1. The Morgan fingerprint density at radius 1 is 1.32 bits per heavy atom. The lowest BCUT2D eigenvalue weighted by atomic mass is 10.3. The van der Waals surface area contributed by atoms with Gasteiger partial charge >= 0.3 is 0 Å². The SMILES string of the molecule is CCOc1cccc(-n2ccc(CNC(C)C)n2)c1. The molecule has 0 radical (unpaired) electrons. The number of ether oxygens (including phenoxy) is 1. The minimum Gasteiger partial charge on any atom is -0.494 e. The van der Waals surface area contributed by atoms with Crippen LogP contribution in [0.5, 0.6) is 5.75 Å². The van der Waals surface area contributed by atoms with E-state index in [4.69, 9.17) is 4.74 Å². The second kappa shape index (κ2) is 6.38. The van der Waals surface area contributed by atoms with Crippen LogP contribution < -0.4 is 10.1 Å². The standard InChI is InChI=1S/C15H21N3O/c1-4-19-15-7-5-6-14(10-15)18-9-8-13(17-18)11-16-12(2)3/h5-10,12,16H,4,11H2,1-3H3. The molecule has 0 amide bonds. The van der Waals surface area contributed by atoms with Crippen molar-refractivity contribution < 1.29 is 4.74 Å². The quantitative estimate of drug-likeness (QED) is 0.867. The summed E-state index contributed by atoms with van der Waals surface area (Å²) in [7, 11) is 0. The molecule has 19 heavy (non-hydrogen) atoms. The van der Waals surface area contributed by atoms with Gasteiger partial charge in [0.15, 0.2) is 0 Å². The van der Waals surface area contributed by atoms with E-state index in [2.05, 4.69) is 24.3 Å². The van der Waals surface area contributed by atoms with Crippen molar-refractivity contribution in [1.82, 2.24) is 15.1 Å². The molecule has 0 spiro atoms. The first-order valence-electron chi connectivity index (χ1n) is 6.70. The smallest absolute Gasteiger partial charge is 0.121 e. The van der Waals surface area contributed by atoms with Gasteiger partial charge in [0.1, 0.15) is 5.75 Å². The van der Waals surface area contributed by atoms with Crippen molar-refractivity contribution >= 4 is 0 Å². The summed E-state index contributed by atoms with van der Waals surface area (Å²) in [5.41, 5.74) is 2.05. The summed E-state index contributed by atoms with van der Waals surface area (Å²) in [6.45, 7) is 7.70. The Labute approximate surface area is 114 Å². The first kappa shape index (κ1) is 13.6. The van der Waals surface area contributed by atoms with Crippen LogP contribution in [-0.4, -0.2) is 22.4 Å². The lowest BCUT2D eigenvalue weighted by molar-refractivity contribution is 0.340. The van der Waals surface area contributed by atoms with Gasteiger partial charge in [-0.3, -0.25) is 0 Å². The molecule has 0 saturated heterocycles. The van der Waals surface area contributed by atoms with Crippen molar-refractivity contribution in [3.05, 3.63) is 42.2 Å². The van der Waals surface area contributed by atoms with Crippen LogP contribution in [0.15, 0.2) is 36.5 Å². The molecule has 2 aromatic rings. The van der Waals surface area contributed by atoms with Gasteiger partial charge in [-0.1, -0.05) is 19.9 Å². The molecule has 2 rings (SSSR count). The molecule has 1 aromatic carbocycles. The second-order valence-corrected chi connectivity index (χ2v) is 4.72. The first-order chi connectivity index (χ1) is 9.19. The van der Waals surface area contributed by atoms with Crippen molar-refractivity contribution in [2.24, 2.45) is 0 Å². The van der Waals surface area contributed by atoms with Crippen LogP contribution in [0.2, 0.25) is 0 Å². The van der Waals surface area contributed by atoms with E-state index in [1.807, 2.05) is 48.1 Å². The monoisotopic (exact) mass is 259 g/mol. The molecule has 0 unspecified atom stereocenters. The lowest BCUT2D eigenvalue weighted by Gasteiger charge is -2.07. The van der Waals surface area contributed by atoms with E-state index in [0.717, 1.165) is 23.7 Å². The molecule has 0 aliphatic heterocycles. The van der Waals surface area contributed by atoms with Crippen LogP contribution in [0.25, 0.3) is 5.69 Å². The van der Waals surface area contributed by atoms with Gasteiger partial charge in [-0.15, -0.1) is 0 Å². The number of hydrogen-bond acceptors (Lipinski definition) is 3. The zero-order valence-electron chi connectivity index (χ0n) is 11.8. The molecule has 0 aliphatic carbocycles. The van der Waals surface area contributed by atoms with Crippen LogP contribution in [0.3, 0.4) is 0 Å². The van der Waals surface area contributed by atoms with E-state index in [-0.39, 0.29) is 0 Å². The minimum atomic E-state index is 0.464. The van der Waals surface area contributed by atoms with Crippen LogP contribution in [-0.2, 0) is 6.54 Å². The lowest BCUT2D eigenvalue weighted by Crippen LogP contribution is -2.22. The fourth-order valence-corrected chi connectivity index (χ4v) is 1.79. The number of rotatable bonds is 6. The van der Waals surface area contributed by atoms with Crippen molar-refractivity contribution in [2.45, 2.75) is 33.4 Å². The van der Waals surface area contributed by atoms with Crippen LogP contribution in [0.4, 0.5) is 0 Å². The van der Waals surface area contributed by atoms with Gasteiger partial charge in [-0.25, -0.2) is 4.68 Å². The molecule has 1 aromatic heterocycles. The van der Waals surface area contributed by atoms with Crippen LogP contribution in [0, 0.1) is 0 Å². The Morgan fingerprint density at radius 3 is 2.89 bits per heavy atom. The molecule has 1 heterocycles. The number of benzene rings is 1. The summed E-state index contributed by atoms with van der Waals surface area (Å²) in [6, 6.07) is 10.5. The summed E-state index contributed by atoms with van der Waals surface area (Å²) in [6.07, 6.45) is 1.97. The topological polar surface area (TPSA) is 39.1 Å². The van der Waals surface area contributed by atoms with E-state index >= 15 is 0 Å². The van der Waals surface area contributed by atoms with E-state index in [1.54, 1.807) is 0 Å². The Morgan fingerprint density at radius 2 is 2.16 bits per heavy atom. The van der Waals surface area contributed by atoms with E-state index in [1.165, 1.54) is 0 Å². The van der Waals surface area contributed by atoms with Gasteiger partial charge in [0.2, 0.25) is 0 Å². The fraction of sp³-hybridized carbons (Fsp3) is 0.400. The molecule has 0 aliphatic rings. The second-order valence-electron chi connectivity index (χ2n) is 4.72. The predicted octanol–water partition coefficient (Wildman–Crippen LogP) is 2.77. The summed E-state index contributed by atoms with van der Waals surface area (Å²) in [5.74, 6) is 0.873. The number of nitrogens with one attached hydrogen (secondary N) is 1. The van der Waals surface area contributed by atoms with Gasteiger partial charge in [-0.05, 0) is 25.1 Å². The molecule has 4 nitrogen and oxygen atoms in total. The van der Waals surface area contributed by atoms with E-state index in [9.17, 15) is 0 Å². The molecule has 102 valence electrons. The van der Waals surface area contributed by atoms with Crippen molar-refractivity contribution in [1.29, 1.82) is 0 Å². The zero-order chi connectivity index (χ0) is 13.7. The van der Waals surface area contributed by atoms with Crippen LogP contribution in [0.1, 0.15) is 26.5 Å². The molecular weight excluding hydrogens is 238 g/mol. The molecule has 0 bridgehead atoms. The predicted molar refractivity (Wildman–Crippen MR) is 76.7 cm³/mol. The molecular formula is C15H21N3O. The maximum Gasteiger partial charge on any atom is 0.121 e. The minimum absolute atomic E-state index is 0.464. The first-order valence-corrected chi connectivity index (χ1v) is 6.70. The van der Waals surface area contributed by atoms with Crippen molar-refractivity contribution in [2.75, 3.05) is 6.61 Å². The molecule has 1 N–H and O–H groups in total. The van der Waals surface area contributed by atoms with Crippen LogP contribution >= 0.6 is 0 Å². The van der Waals surface area contributed by atoms with Crippen molar-refractivity contribution in [3.63, 3.8) is 0 Å². The van der Waals surface area contributed by atoms with E-state index in [0.29, 0.717) is 12.6 Å². The highest BCUT2D eigenvalue weighted by Gasteiger charge is 2.03. The fourth-order valence-electron chi connectivity index (χ4n) is 1.79. The molecule has 0 atom stereocenters. The summed E-state index contributed by atoms with van der Waals surface area (Å²) in [4.78, 5) is 0.